The minimum atomic E-state index is 0.407. The molecule has 0 aliphatic heterocycles. The predicted molar refractivity (Wildman–Crippen MR) is 91.2 cm³/mol. The molecule has 0 radical (unpaired) electrons. The largest absolute Gasteiger partial charge is 0.496 e. The fraction of sp³-hybridized carbons (Fsp3) is 0.438. The Morgan fingerprint density at radius 1 is 1.28 bits per heavy atom. The average molecular weight is 358 g/mol. The first-order chi connectivity index (χ1) is 12.3. The molecule has 1 fully saturated rings. The van der Waals surface area contributed by atoms with Crippen LogP contribution in [0.3, 0.4) is 0 Å². The molecule has 2 heterocycles. The monoisotopic (exact) mass is 358 g/mol. The van der Waals surface area contributed by atoms with E-state index in [0.29, 0.717) is 29.3 Å². The summed E-state index contributed by atoms with van der Waals surface area (Å²) in [6, 6.07) is 8.00. The van der Waals surface area contributed by atoms with Gasteiger partial charge in [-0.05, 0) is 35.4 Å². The number of para-hydroxylation sites is 1. The fourth-order valence-electron chi connectivity index (χ4n) is 3.04. The molecule has 0 spiro atoms. The molecule has 130 valence electrons. The lowest BCUT2D eigenvalue weighted by Gasteiger charge is -2.09. The summed E-state index contributed by atoms with van der Waals surface area (Å²) in [5, 5.41) is 16.9. The summed E-state index contributed by atoms with van der Waals surface area (Å²) in [6.07, 6.45) is 4.75. The van der Waals surface area contributed by atoms with Gasteiger partial charge in [0.25, 0.3) is 0 Å². The first-order valence-corrected chi connectivity index (χ1v) is 9.20. The standard InChI is InChI=1S/C16H18N6O2S/c1-23-13-9-5-4-8-12(13)15-17-14(24-19-15)10-25-16-18-20-21-22(16)11-6-2-3-7-11/h4-5,8-9,11H,2-3,6-7,10H2,1H3. The smallest absolute Gasteiger partial charge is 0.237 e. The quantitative estimate of drug-likeness (QED) is 0.621. The Balaban J connectivity index is 1.46. The van der Waals surface area contributed by atoms with Crippen molar-refractivity contribution in [1.82, 2.24) is 30.3 Å². The number of methoxy groups -OCH3 is 1. The van der Waals surface area contributed by atoms with Crippen molar-refractivity contribution in [3.05, 3.63) is 30.2 Å². The number of thioether (sulfide) groups is 1. The van der Waals surface area contributed by atoms with Gasteiger partial charge in [0.2, 0.25) is 16.9 Å². The van der Waals surface area contributed by atoms with E-state index in [0.717, 1.165) is 23.6 Å². The Morgan fingerprint density at radius 2 is 2.12 bits per heavy atom. The van der Waals surface area contributed by atoms with Crippen molar-refractivity contribution in [3.63, 3.8) is 0 Å². The first kappa shape index (κ1) is 16.1. The summed E-state index contributed by atoms with van der Waals surface area (Å²) in [6.45, 7) is 0. The van der Waals surface area contributed by atoms with Crippen LogP contribution in [0.25, 0.3) is 11.4 Å². The predicted octanol–water partition coefficient (Wildman–Crippen LogP) is 3.14. The van der Waals surface area contributed by atoms with Gasteiger partial charge < -0.3 is 9.26 Å². The van der Waals surface area contributed by atoms with Gasteiger partial charge in [-0.3, -0.25) is 0 Å². The van der Waals surface area contributed by atoms with Gasteiger partial charge in [-0.1, -0.05) is 41.9 Å². The maximum Gasteiger partial charge on any atom is 0.237 e. The van der Waals surface area contributed by atoms with Crippen LogP contribution in [0, 0.1) is 0 Å². The van der Waals surface area contributed by atoms with E-state index in [4.69, 9.17) is 9.26 Å². The number of nitrogens with zero attached hydrogens (tertiary/aromatic N) is 6. The molecule has 25 heavy (non-hydrogen) atoms. The maximum absolute atomic E-state index is 5.37. The van der Waals surface area contributed by atoms with Crippen LogP contribution in [0.1, 0.15) is 37.6 Å². The minimum Gasteiger partial charge on any atom is -0.496 e. The summed E-state index contributed by atoms with van der Waals surface area (Å²) in [5.41, 5.74) is 0.806. The molecule has 3 aromatic rings. The number of rotatable bonds is 6. The van der Waals surface area contributed by atoms with Gasteiger partial charge in [0.15, 0.2) is 0 Å². The molecule has 1 aliphatic carbocycles. The van der Waals surface area contributed by atoms with Gasteiger partial charge in [-0.25, -0.2) is 4.68 Å². The lowest BCUT2D eigenvalue weighted by molar-refractivity contribution is 0.389. The SMILES string of the molecule is COc1ccccc1-c1noc(CSc2nnnn2C2CCCC2)n1. The third kappa shape index (κ3) is 3.37. The molecule has 8 nitrogen and oxygen atoms in total. The molecule has 1 aromatic carbocycles. The second kappa shape index (κ2) is 7.22. The Morgan fingerprint density at radius 3 is 2.96 bits per heavy atom. The number of ether oxygens (including phenoxy) is 1. The van der Waals surface area contributed by atoms with Crippen LogP contribution in [0.2, 0.25) is 0 Å². The second-order valence-corrected chi connectivity index (χ2v) is 6.79. The summed E-state index contributed by atoms with van der Waals surface area (Å²) >= 11 is 1.51. The van der Waals surface area contributed by atoms with Crippen molar-refractivity contribution in [3.8, 4) is 17.1 Å². The number of hydrogen-bond acceptors (Lipinski definition) is 8. The highest BCUT2D eigenvalue weighted by Crippen LogP contribution is 2.32. The molecule has 1 saturated carbocycles. The number of benzene rings is 1. The van der Waals surface area contributed by atoms with Crippen LogP contribution in [-0.2, 0) is 5.75 Å². The van der Waals surface area contributed by atoms with Gasteiger partial charge in [-0.15, -0.1) is 5.10 Å². The molecular weight excluding hydrogens is 340 g/mol. The Labute approximate surface area is 148 Å². The van der Waals surface area contributed by atoms with E-state index in [9.17, 15) is 0 Å². The zero-order chi connectivity index (χ0) is 17.1. The van der Waals surface area contributed by atoms with Crippen LogP contribution in [-0.4, -0.2) is 37.5 Å². The molecule has 0 bridgehead atoms. The van der Waals surface area contributed by atoms with E-state index >= 15 is 0 Å². The molecule has 9 heteroatoms. The van der Waals surface area contributed by atoms with Gasteiger partial charge >= 0.3 is 0 Å². The van der Waals surface area contributed by atoms with Gasteiger partial charge in [0.1, 0.15) is 5.75 Å². The molecule has 4 rings (SSSR count). The van der Waals surface area contributed by atoms with E-state index in [1.54, 1.807) is 7.11 Å². The lowest BCUT2D eigenvalue weighted by Crippen LogP contribution is -2.08. The molecule has 0 saturated heterocycles. The number of hydrogen-bond donors (Lipinski definition) is 0. The van der Waals surface area contributed by atoms with E-state index in [-0.39, 0.29) is 0 Å². The zero-order valence-electron chi connectivity index (χ0n) is 13.8. The highest BCUT2D eigenvalue weighted by molar-refractivity contribution is 7.98. The van der Waals surface area contributed by atoms with Crippen LogP contribution in [0.5, 0.6) is 5.75 Å². The Hall–Kier alpha value is -2.42. The van der Waals surface area contributed by atoms with Crippen molar-refractivity contribution < 1.29 is 9.26 Å². The van der Waals surface area contributed by atoms with Gasteiger partial charge in [-0.2, -0.15) is 4.98 Å². The number of aromatic nitrogens is 6. The van der Waals surface area contributed by atoms with Crippen molar-refractivity contribution >= 4 is 11.8 Å². The molecule has 1 aliphatic rings. The van der Waals surface area contributed by atoms with E-state index in [1.165, 1.54) is 24.6 Å². The third-order valence-electron chi connectivity index (χ3n) is 4.27. The van der Waals surface area contributed by atoms with Crippen molar-refractivity contribution in [2.75, 3.05) is 7.11 Å². The number of tetrazole rings is 1. The minimum absolute atomic E-state index is 0.407. The fourth-order valence-corrected chi connectivity index (χ4v) is 3.82. The average Bonchev–Trinajstić information content (AvgIpc) is 3.40. The highest BCUT2D eigenvalue weighted by atomic mass is 32.2. The summed E-state index contributed by atoms with van der Waals surface area (Å²) in [4.78, 5) is 4.46. The molecular formula is C16H18N6O2S. The van der Waals surface area contributed by atoms with Crippen molar-refractivity contribution in [2.45, 2.75) is 42.6 Å². The molecule has 0 unspecified atom stereocenters. The van der Waals surface area contributed by atoms with Crippen molar-refractivity contribution in [2.24, 2.45) is 0 Å². The van der Waals surface area contributed by atoms with Crippen LogP contribution in [0.15, 0.2) is 33.9 Å². The Bertz CT molecular complexity index is 843. The van der Waals surface area contributed by atoms with Crippen molar-refractivity contribution in [1.29, 1.82) is 0 Å². The van der Waals surface area contributed by atoms with E-state index in [2.05, 4.69) is 25.7 Å². The molecule has 0 atom stereocenters. The Kier molecular flexibility index (Phi) is 4.64. The third-order valence-corrected chi connectivity index (χ3v) is 5.19. The molecule has 0 amide bonds. The first-order valence-electron chi connectivity index (χ1n) is 8.22. The normalized spacial score (nSPS) is 14.9. The van der Waals surface area contributed by atoms with Gasteiger partial charge in [0.05, 0.1) is 24.5 Å². The lowest BCUT2D eigenvalue weighted by atomic mass is 10.2. The summed E-state index contributed by atoms with van der Waals surface area (Å²) in [5.74, 6) is 2.29. The second-order valence-electron chi connectivity index (χ2n) is 5.84. The van der Waals surface area contributed by atoms with E-state index < -0.39 is 0 Å². The highest BCUT2D eigenvalue weighted by Gasteiger charge is 2.22. The van der Waals surface area contributed by atoms with E-state index in [1.807, 2.05) is 28.9 Å². The zero-order valence-corrected chi connectivity index (χ0v) is 14.6. The topological polar surface area (TPSA) is 91.8 Å². The molecule has 2 aromatic heterocycles. The van der Waals surface area contributed by atoms with Gasteiger partial charge in [0, 0.05) is 0 Å². The maximum atomic E-state index is 5.37. The van der Waals surface area contributed by atoms with Crippen LogP contribution >= 0.6 is 11.8 Å². The van der Waals surface area contributed by atoms with Crippen LogP contribution in [0.4, 0.5) is 0 Å². The summed E-state index contributed by atoms with van der Waals surface area (Å²) in [7, 11) is 1.62. The van der Waals surface area contributed by atoms with Crippen LogP contribution < -0.4 is 4.74 Å². The summed E-state index contributed by atoms with van der Waals surface area (Å²) < 4.78 is 12.6. The molecule has 0 N–H and O–H groups in total.